The minimum atomic E-state index is -0.216. The first-order valence-electron chi connectivity index (χ1n) is 9.03. The molecule has 0 spiro atoms. The highest BCUT2D eigenvalue weighted by Crippen LogP contribution is 2.21. The number of benzene rings is 1. The Labute approximate surface area is 170 Å². The Morgan fingerprint density at radius 1 is 1.17 bits per heavy atom. The van der Waals surface area contributed by atoms with Gasteiger partial charge >= 0.3 is 0 Å². The molecule has 0 atom stereocenters. The number of carbonyl (C=O) groups is 1. The van der Waals surface area contributed by atoms with Gasteiger partial charge in [-0.25, -0.2) is 0 Å². The average Bonchev–Trinajstić information content (AvgIpc) is 3.52. The first-order chi connectivity index (χ1) is 14.3. The largest absolute Gasteiger partial charge is 0.361 e. The van der Waals surface area contributed by atoms with Gasteiger partial charge in [-0.05, 0) is 52.7 Å². The number of hydrogen-bond acceptors (Lipinski definition) is 6. The van der Waals surface area contributed by atoms with Crippen LogP contribution in [0.1, 0.15) is 15.2 Å². The number of carbonyl (C=O) groups excluding carboxylic acids is 1. The van der Waals surface area contributed by atoms with Crippen LogP contribution >= 0.6 is 11.3 Å². The highest BCUT2D eigenvalue weighted by Gasteiger charge is 2.19. The van der Waals surface area contributed by atoms with E-state index < -0.39 is 0 Å². The molecule has 0 saturated heterocycles. The van der Waals surface area contributed by atoms with Gasteiger partial charge in [0.1, 0.15) is 0 Å². The maximum Gasteiger partial charge on any atom is 0.291 e. The molecule has 5 aromatic rings. The van der Waals surface area contributed by atoms with Crippen molar-refractivity contribution in [3.05, 3.63) is 82.9 Å². The van der Waals surface area contributed by atoms with Crippen molar-refractivity contribution in [1.29, 1.82) is 0 Å². The Hall–Kier alpha value is -3.78. The molecule has 8 heteroatoms. The lowest BCUT2D eigenvalue weighted by Gasteiger charge is -2.07. The molecule has 0 amide bonds. The molecule has 0 fully saturated rings. The van der Waals surface area contributed by atoms with Crippen molar-refractivity contribution in [1.82, 2.24) is 24.7 Å². The number of anilines is 1. The second-order valence-electron chi connectivity index (χ2n) is 6.45. The van der Waals surface area contributed by atoms with Gasteiger partial charge in [0.25, 0.3) is 5.91 Å². The number of nitrogens with one attached hydrogen (secondary N) is 2. The van der Waals surface area contributed by atoms with Gasteiger partial charge in [-0.15, -0.1) is 16.4 Å². The number of aromatic amines is 1. The molecule has 0 radical (unpaired) electrons. The minimum absolute atomic E-state index is 0.216. The Bertz CT molecular complexity index is 1270. The quantitative estimate of drug-likeness (QED) is 0.462. The Balaban J connectivity index is 1.48. The lowest BCUT2D eigenvalue weighted by molar-refractivity contribution is 0.0951. The number of pyridine rings is 1. The molecule has 0 aliphatic rings. The summed E-state index contributed by atoms with van der Waals surface area (Å²) < 4.78 is 1.32. The van der Waals surface area contributed by atoms with E-state index in [9.17, 15) is 4.79 Å². The summed E-state index contributed by atoms with van der Waals surface area (Å²) in [6.45, 7) is 0.518. The second-order valence-corrected chi connectivity index (χ2v) is 7.40. The summed E-state index contributed by atoms with van der Waals surface area (Å²) in [5.74, 6) is 0.634. The van der Waals surface area contributed by atoms with Crippen LogP contribution < -0.4 is 5.32 Å². The van der Waals surface area contributed by atoms with Crippen LogP contribution in [-0.2, 0) is 6.54 Å². The van der Waals surface area contributed by atoms with Crippen molar-refractivity contribution >= 4 is 34.1 Å². The molecule has 29 heavy (non-hydrogen) atoms. The van der Waals surface area contributed by atoms with Crippen LogP contribution in [0, 0.1) is 0 Å². The van der Waals surface area contributed by atoms with Crippen LogP contribution in [0.4, 0.5) is 5.95 Å². The Morgan fingerprint density at radius 2 is 2.14 bits per heavy atom. The topological polar surface area (TPSA) is 88.5 Å². The molecular formula is C21H16N6OS. The van der Waals surface area contributed by atoms with E-state index in [1.54, 1.807) is 18.5 Å². The van der Waals surface area contributed by atoms with Crippen molar-refractivity contribution in [3.8, 4) is 11.4 Å². The monoisotopic (exact) mass is 400 g/mol. The van der Waals surface area contributed by atoms with Gasteiger partial charge in [0.2, 0.25) is 5.95 Å². The normalized spacial score (nSPS) is 11.0. The zero-order valence-corrected chi connectivity index (χ0v) is 16.1. The molecule has 0 saturated carbocycles. The van der Waals surface area contributed by atoms with Crippen molar-refractivity contribution < 1.29 is 4.79 Å². The van der Waals surface area contributed by atoms with E-state index in [0.29, 0.717) is 23.2 Å². The molecule has 142 valence electrons. The fourth-order valence-corrected chi connectivity index (χ4v) is 3.73. The van der Waals surface area contributed by atoms with Crippen molar-refractivity contribution in [2.45, 2.75) is 6.54 Å². The molecule has 4 heterocycles. The third-order valence-corrected chi connectivity index (χ3v) is 5.38. The molecule has 0 unspecified atom stereocenters. The van der Waals surface area contributed by atoms with Crippen LogP contribution in [0.25, 0.3) is 22.3 Å². The van der Waals surface area contributed by atoms with Gasteiger partial charge in [0.05, 0.1) is 4.88 Å². The summed E-state index contributed by atoms with van der Waals surface area (Å²) in [5.41, 5.74) is 2.92. The van der Waals surface area contributed by atoms with Crippen LogP contribution in [0.3, 0.4) is 0 Å². The average molecular weight is 400 g/mol. The van der Waals surface area contributed by atoms with Crippen molar-refractivity contribution in [3.63, 3.8) is 0 Å². The van der Waals surface area contributed by atoms with Gasteiger partial charge in [-0.1, -0.05) is 12.1 Å². The zero-order valence-electron chi connectivity index (χ0n) is 15.2. The number of fused-ring (bicyclic) bond motifs is 1. The van der Waals surface area contributed by atoms with Crippen LogP contribution in [-0.4, -0.2) is 30.6 Å². The third kappa shape index (κ3) is 3.41. The predicted molar refractivity (Wildman–Crippen MR) is 113 cm³/mol. The lowest BCUT2D eigenvalue weighted by Crippen LogP contribution is -2.16. The summed E-state index contributed by atoms with van der Waals surface area (Å²) in [4.78, 5) is 25.4. The van der Waals surface area contributed by atoms with E-state index in [-0.39, 0.29) is 5.91 Å². The van der Waals surface area contributed by atoms with Gasteiger partial charge in [-0.3, -0.25) is 9.78 Å². The highest BCUT2D eigenvalue weighted by atomic mass is 32.1. The standard InChI is InChI=1S/C21H16N6OS/c28-20(18-4-2-10-29-18)27-21(25-19(26-27)16-3-1-8-22-13-16)24-12-14-5-6-17-15(11-14)7-9-23-17/h1-11,13,23H,12H2,(H,24,25,26). The maximum atomic E-state index is 12.9. The van der Waals surface area contributed by atoms with Gasteiger partial charge in [-0.2, -0.15) is 9.67 Å². The number of hydrogen-bond donors (Lipinski definition) is 2. The fraction of sp³-hybridized carbons (Fsp3) is 0.0476. The van der Waals surface area contributed by atoms with Crippen molar-refractivity contribution in [2.75, 3.05) is 5.32 Å². The summed E-state index contributed by atoms with van der Waals surface area (Å²) in [6, 6.07) is 15.5. The van der Waals surface area contributed by atoms with E-state index in [2.05, 4.69) is 31.4 Å². The van der Waals surface area contributed by atoms with Crippen LogP contribution in [0.15, 0.2) is 72.5 Å². The highest BCUT2D eigenvalue weighted by molar-refractivity contribution is 7.12. The van der Waals surface area contributed by atoms with Crippen molar-refractivity contribution in [2.24, 2.45) is 0 Å². The Morgan fingerprint density at radius 3 is 2.97 bits per heavy atom. The predicted octanol–water partition coefficient (Wildman–Crippen LogP) is 4.18. The smallest absolute Gasteiger partial charge is 0.291 e. The van der Waals surface area contributed by atoms with E-state index >= 15 is 0 Å². The summed E-state index contributed by atoms with van der Waals surface area (Å²) in [6.07, 6.45) is 5.28. The molecule has 2 N–H and O–H groups in total. The number of aromatic nitrogens is 5. The first-order valence-corrected chi connectivity index (χ1v) is 9.91. The summed E-state index contributed by atoms with van der Waals surface area (Å²) in [7, 11) is 0. The number of H-pyrrole nitrogens is 1. The summed E-state index contributed by atoms with van der Waals surface area (Å²) in [5, 5.41) is 10.7. The maximum absolute atomic E-state index is 12.9. The summed E-state index contributed by atoms with van der Waals surface area (Å²) >= 11 is 1.37. The fourth-order valence-electron chi connectivity index (χ4n) is 3.08. The number of nitrogens with zero attached hydrogens (tertiary/aromatic N) is 4. The molecular weight excluding hydrogens is 384 g/mol. The minimum Gasteiger partial charge on any atom is -0.361 e. The number of rotatable bonds is 5. The lowest BCUT2D eigenvalue weighted by atomic mass is 10.1. The zero-order chi connectivity index (χ0) is 19.6. The first kappa shape index (κ1) is 17.3. The Kier molecular flexibility index (Phi) is 4.38. The molecule has 0 aliphatic heterocycles. The van der Waals surface area contributed by atoms with Gasteiger partial charge < -0.3 is 10.3 Å². The number of thiophene rings is 1. The van der Waals surface area contributed by atoms with E-state index in [0.717, 1.165) is 22.0 Å². The van der Waals surface area contributed by atoms with Gasteiger partial charge in [0.15, 0.2) is 5.82 Å². The molecule has 0 bridgehead atoms. The molecule has 0 aliphatic carbocycles. The van der Waals surface area contributed by atoms with E-state index in [4.69, 9.17) is 0 Å². The molecule has 1 aromatic carbocycles. The van der Waals surface area contributed by atoms with Crippen LogP contribution in [0.5, 0.6) is 0 Å². The molecule has 7 nitrogen and oxygen atoms in total. The second kappa shape index (κ2) is 7.33. The van der Waals surface area contributed by atoms with Gasteiger partial charge in [0, 0.05) is 36.2 Å². The van der Waals surface area contributed by atoms with Crippen LogP contribution in [0.2, 0.25) is 0 Å². The van der Waals surface area contributed by atoms with E-state index in [1.165, 1.54) is 16.0 Å². The molecule has 4 aromatic heterocycles. The third-order valence-electron chi connectivity index (χ3n) is 4.52. The SMILES string of the molecule is O=C(c1cccs1)n1nc(-c2cccnc2)nc1NCc1ccc2[nH]ccc2c1. The molecule has 5 rings (SSSR count). The van der Waals surface area contributed by atoms with E-state index in [1.807, 2.05) is 48.0 Å².